The first-order valence-electron chi connectivity index (χ1n) is 9.96. The van der Waals surface area contributed by atoms with Crippen LogP contribution in [-0.4, -0.2) is 75.6 Å². The molecular weight excluding hydrogens is 380 g/mol. The number of nitrogens with two attached hydrogens (primary N) is 1. The largest absolute Gasteiger partial charge is 0.480 e. The smallest absolute Gasteiger partial charge is 0.328 e. The topological polar surface area (TPSA) is 162 Å². The van der Waals surface area contributed by atoms with Crippen molar-refractivity contribution < 1.29 is 29.4 Å². The Labute approximate surface area is 171 Å². The van der Waals surface area contributed by atoms with Gasteiger partial charge in [-0.05, 0) is 31.6 Å². The molecule has 0 aromatic heterocycles. The van der Waals surface area contributed by atoms with E-state index in [0.717, 1.165) is 0 Å². The van der Waals surface area contributed by atoms with Gasteiger partial charge >= 0.3 is 5.97 Å². The Kier molecular flexibility index (Phi) is 9.03. The molecule has 10 heteroatoms. The Morgan fingerprint density at radius 3 is 2.03 bits per heavy atom. The second-order valence-corrected chi connectivity index (χ2v) is 8.25. The van der Waals surface area contributed by atoms with Gasteiger partial charge in [-0.15, -0.1) is 0 Å². The number of nitrogens with zero attached hydrogens (tertiary/aromatic N) is 1. The van der Waals surface area contributed by atoms with Gasteiger partial charge in [0, 0.05) is 6.54 Å². The van der Waals surface area contributed by atoms with Crippen LogP contribution >= 0.6 is 0 Å². The molecule has 0 radical (unpaired) electrons. The van der Waals surface area contributed by atoms with E-state index in [1.165, 1.54) is 11.8 Å². The van der Waals surface area contributed by atoms with Gasteiger partial charge < -0.3 is 31.5 Å². The maximum Gasteiger partial charge on any atom is 0.328 e. The maximum atomic E-state index is 12.8. The standard InChI is InChI=1S/C19H34N4O6/c1-9(2)13(20)18(27)23-8-6-7-12(23)16(25)21-14(10(3)4)17(26)22-15(11(5)24)19(28)29/h9-15,24H,6-8,20H2,1-5H3,(H,21,25)(H,22,26)(H,28,29). The van der Waals surface area contributed by atoms with Crippen molar-refractivity contribution in [1.82, 2.24) is 15.5 Å². The van der Waals surface area contributed by atoms with Crippen molar-refractivity contribution in [3.8, 4) is 0 Å². The highest BCUT2D eigenvalue weighted by Crippen LogP contribution is 2.20. The van der Waals surface area contributed by atoms with E-state index in [1.807, 2.05) is 13.8 Å². The van der Waals surface area contributed by atoms with E-state index in [0.29, 0.717) is 19.4 Å². The fraction of sp³-hybridized carbons (Fsp3) is 0.789. The van der Waals surface area contributed by atoms with Crippen LogP contribution in [0.2, 0.25) is 0 Å². The molecule has 3 amide bonds. The second kappa shape index (κ2) is 10.5. The van der Waals surface area contributed by atoms with Gasteiger partial charge in [-0.3, -0.25) is 14.4 Å². The quantitative estimate of drug-likeness (QED) is 0.325. The summed E-state index contributed by atoms with van der Waals surface area (Å²) in [4.78, 5) is 50.7. The van der Waals surface area contributed by atoms with Gasteiger partial charge in [-0.25, -0.2) is 4.79 Å². The summed E-state index contributed by atoms with van der Waals surface area (Å²) in [5, 5.41) is 23.6. The molecule has 6 N–H and O–H groups in total. The lowest BCUT2D eigenvalue weighted by Crippen LogP contribution is -2.59. The molecule has 0 bridgehead atoms. The van der Waals surface area contributed by atoms with Crippen molar-refractivity contribution in [2.75, 3.05) is 6.54 Å². The molecule has 0 saturated carbocycles. The summed E-state index contributed by atoms with van der Waals surface area (Å²) < 4.78 is 0. The van der Waals surface area contributed by atoms with E-state index in [4.69, 9.17) is 10.8 Å². The summed E-state index contributed by atoms with van der Waals surface area (Å²) in [5.74, 6) is -3.29. The second-order valence-electron chi connectivity index (χ2n) is 8.25. The Balaban J connectivity index is 2.90. The molecule has 166 valence electrons. The molecule has 1 aliphatic heterocycles. The van der Waals surface area contributed by atoms with E-state index < -0.39 is 48.1 Å². The number of carboxylic acids is 1. The zero-order valence-corrected chi connectivity index (χ0v) is 17.7. The van der Waals surface area contributed by atoms with E-state index in [-0.39, 0.29) is 17.7 Å². The summed E-state index contributed by atoms with van der Waals surface area (Å²) in [6.45, 7) is 8.73. The van der Waals surface area contributed by atoms with Crippen LogP contribution in [0.5, 0.6) is 0 Å². The Hall–Kier alpha value is -2.20. The number of rotatable bonds is 9. The summed E-state index contributed by atoms with van der Waals surface area (Å²) in [7, 11) is 0. The fourth-order valence-electron chi connectivity index (χ4n) is 3.20. The number of aliphatic carboxylic acids is 1. The van der Waals surface area contributed by atoms with Crippen molar-refractivity contribution in [2.45, 2.75) is 77.7 Å². The van der Waals surface area contributed by atoms with Crippen LogP contribution in [0.25, 0.3) is 0 Å². The van der Waals surface area contributed by atoms with Crippen LogP contribution in [0.3, 0.4) is 0 Å². The predicted octanol–water partition coefficient (Wildman–Crippen LogP) is -0.948. The zero-order valence-electron chi connectivity index (χ0n) is 17.7. The number of carbonyl (C=O) groups excluding carboxylic acids is 3. The van der Waals surface area contributed by atoms with Crippen molar-refractivity contribution in [1.29, 1.82) is 0 Å². The summed E-state index contributed by atoms with van der Waals surface area (Å²) in [6, 6.07) is -3.95. The molecule has 0 aromatic rings. The molecular formula is C19H34N4O6. The predicted molar refractivity (Wildman–Crippen MR) is 106 cm³/mol. The van der Waals surface area contributed by atoms with Gasteiger partial charge in [0.15, 0.2) is 6.04 Å². The third kappa shape index (κ3) is 6.40. The van der Waals surface area contributed by atoms with Crippen LogP contribution in [-0.2, 0) is 19.2 Å². The normalized spacial score (nSPS) is 20.9. The molecule has 0 spiro atoms. The number of nitrogens with one attached hydrogen (secondary N) is 2. The molecule has 1 aliphatic rings. The summed E-state index contributed by atoms with van der Waals surface area (Å²) >= 11 is 0. The molecule has 0 aromatic carbocycles. The van der Waals surface area contributed by atoms with Gasteiger partial charge in [0.2, 0.25) is 17.7 Å². The highest BCUT2D eigenvalue weighted by atomic mass is 16.4. The molecule has 1 rings (SSSR count). The Morgan fingerprint density at radius 1 is 1.00 bits per heavy atom. The van der Waals surface area contributed by atoms with E-state index >= 15 is 0 Å². The van der Waals surface area contributed by atoms with Gasteiger partial charge in [0.05, 0.1) is 12.1 Å². The minimum Gasteiger partial charge on any atom is -0.480 e. The lowest BCUT2D eigenvalue weighted by molar-refractivity contribution is -0.146. The average molecular weight is 415 g/mol. The number of hydrogen-bond acceptors (Lipinski definition) is 6. The molecule has 29 heavy (non-hydrogen) atoms. The van der Waals surface area contributed by atoms with Gasteiger partial charge in [-0.1, -0.05) is 27.7 Å². The Morgan fingerprint density at radius 2 is 1.59 bits per heavy atom. The molecule has 5 unspecified atom stereocenters. The molecule has 1 saturated heterocycles. The number of carboxylic acid groups (broad SMARTS) is 1. The van der Waals surface area contributed by atoms with Crippen LogP contribution in [0.1, 0.15) is 47.5 Å². The van der Waals surface area contributed by atoms with E-state index in [1.54, 1.807) is 13.8 Å². The third-order valence-electron chi connectivity index (χ3n) is 5.14. The highest BCUT2D eigenvalue weighted by molar-refractivity contribution is 5.94. The number of amides is 3. The van der Waals surface area contributed by atoms with Crippen LogP contribution in [0, 0.1) is 11.8 Å². The number of aliphatic hydroxyl groups is 1. The first kappa shape index (κ1) is 24.8. The van der Waals surface area contributed by atoms with Crippen molar-refractivity contribution >= 4 is 23.7 Å². The maximum absolute atomic E-state index is 12.8. The number of likely N-dealkylation sites (tertiary alicyclic amines) is 1. The van der Waals surface area contributed by atoms with Crippen LogP contribution in [0.15, 0.2) is 0 Å². The zero-order chi connectivity index (χ0) is 22.5. The van der Waals surface area contributed by atoms with Gasteiger partial charge in [-0.2, -0.15) is 0 Å². The van der Waals surface area contributed by atoms with Gasteiger partial charge in [0.1, 0.15) is 12.1 Å². The number of hydrogen-bond donors (Lipinski definition) is 5. The molecule has 1 fully saturated rings. The summed E-state index contributed by atoms with van der Waals surface area (Å²) in [5.41, 5.74) is 5.95. The van der Waals surface area contributed by atoms with Crippen molar-refractivity contribution in [3.63, 3.8) is 0 Å². The van der Waals surface area contributed by atoms with E-state index in [2.05, 4.69) is 10.6 Å². The SMILES string of the molecule is CC(C)C(N)C(=O)N1CCCC1C(=O)NC(C(=O)NC(C(=O)O)C(C)O)C(C)C. The monoisotopic (exact) mass is 414 g/mol. The van der Waals surface area contributed by atoms with E-state index in [9.17, 15) is 24.3 Å². The van der Waals surface area contributed by atoms with Gasteiger partial charge in [0.25, 0.3) is 0 Å². The first-order chi connectivity index (χ1) is 13.4. The van der Waals surface area contributed by atoms with Crippen LogP contribution in [0.4, 0.5) is 0 Å². The highest BCUT2D eigenvalue weighted by Gasteiger charge is 2.39. The molecule has 10 nitrogen and oxygen atoms in total. The molecule has 1 heterocycles. The van der Waals surface area contributed by atoms with Crippen LogP contribution < -0.4 is 16.4 Å². The summed E-state index contributed by atoms with van der Waals surface area (Å²) in [6.07, 6.45) is -0.197. The number of carbonyl (C=O) groups is 4. The van der Waals surface area contributed by atoms with Crippen molar-refractivity contribution in [2.24, 2.45) is 17.6 Å². The molecule has 5 atom stereocenters. The number of aliphatic hydroxyl groups excluding tert-OH is 1. The Bertz CT molecular complexity index is 622. The lowest BCUT2D eigenvalue weighted by atomic mass is 10.0. The minimum absolute atomic E-state index is 0.0746. The minimum atomic E-state index is -1.49. The first-order valence-corrected chi connectivity index (χ1v) is 9.96. The third-order valence-corrected chi connectivity index (χ3v) is 5.14. The average Bonchev–Trinajstić information content (AvgIpc) is 3.11. The molecule has 0 aliphatic carbocycles. The lowest BCUT2D eigenvalue weighted by Gasteiger charge is -2.30. The fourth-order valence-corrected chi connectivity index (χ4v) is 3.20. The van der Waals surface area contributed by atoms with Crippen molar-refractivity contribution in [3.05, 3.63) is 0 Å².